The van der Waals surface area contributed by atoms with Crippen molar-refractivity contribution in [2.75, 3.05) is 5.32 Å². The summed E-state index contributed by atoms with van der Waals surface area (Å²) in [6.07, 6.45) is 2.71. The molecule has 2 aromatic heterocycles. The Hall–Kier alpha value is -1.24. The monoisotopic (exact) mass is 346 g/mol. The molecule has 92 valence electrons. The van der Waals surface area contributed by atoms with Crippen molar-refractivity contribution >= 4 is 50.9 Å². The summed E-state index contributed by atoms with van der Waals surface area (Å²) in [6, 6.07) is 3.41. The van der Waals surface area contributed by atoms with Crippen LogP contribution >= 0.6 is 39.1 Å². The Kier molecular flexibility index (Phi) is 4.11. The number of carbonyl (C=O) groups excluding carboxylic acids is 1. The molecule has 2 rings (SSSR count). The Balaban J connectivity index is 2.27. The van der Waals surface area contributed by atoms with Gasteiger partial charge in [-0.2, -0.15) is 0 Å². The summed E-state index contributed by atoms with van der Waals surface area (Å²) in [5, 5.41) is 2.66. The second-order valence-corrected chi connectivity index (χ2v) is 4.71. The molecule has 2 heterocycles. The van der Waals surface area contributed by atoms with E-state index in [-0.39, 0.29) is 21.7 Å². The minimum Gasteiger partial charge on any atom is -0.304 e. The number of anilines is 1. The predicted molar refractivity (Wildman–Crippen MR) is 71.9 cm³/mol. The molecule has 0 aliphatic carbocycles. The molecule has 2 aromatic rings. The van der Waals surface area contributed by atoms with Crippen molar-refractivity contribution < 1.29 is 4.79 Å². The van der Waals surface area contributed by atoms with Gasteiger partial charge in [-0.15, -0.1) is 0 Å². The van der Waals surface area contributed by atoms with E-state index in [2.05, 4.69) is 36.2 Å². The first kappa shape index (κ1) is 13.2. The lowest BCUT2D eigenvalue weighted by molar-refractivity contribution is 0.102. The Morgan fingerprint density at radius 3 is 2.78 bits per heavy atom. The van der Waals surface area contributed by atoms with Crippen molar-refractivity contribution in [1.82, 2.24) is 15.0 Å². The van der Waals surface area contributed by atoms with Crippen LogP contribution in [0, 0.1) is 0 Å². The lowest BCUT2D eigenvalue weighted by atomic mass is 10.3. The first-order valence-corrected chi connectivity index (χ1v) is 6.22. The van der Waals surface area contributed by atoms with Gasteiger partial charge in [0.05, 0.1) is 0 Å². The summed E-state index contributed by atoms with van der Waals surface area (Å²) in [4.78, 5) is 23.4. The third kappa shape index (κ3) is 2.77. The summed E-state index contributed by atoms with van der Waals surface area (Å²) in [5.41, 5.74) is 0.225. The van der Waals surface area contributed by atoms with Crippen LogP contribution in [-0.2, 0) is 0 Å². The average Bonchev–Trinajstić information content (AvgIpc) is 2.35. The van der Waals surface area contributed by atoms with Crippen LogP contribution in [0.2, 0.25) is 10.2 Å². The molecule has 0 atom stereocenters. The highest BCUT2D eigenvalue weighted by molar-refractivity contribution is 9.10. The molecule has 0 aliphatic rings. The summed E-state index contributed by atoms with van der Waals surface area (Å²) < 4.78 is 0.568. The topological polar surface area (TPSA) is 67.8 Å². The highest BCUT2D eigenvalue weighted by atomic mass is 79.9. The molecular weight excluding hydrogens is 343 g/mol. The smallest absolute Gasteiger partial charge is 0.276 e. The van der Waals surface area contributed by atoms with E-state index in [1.54, 1.807) is 12.1 Å². The van der Waals surface area contributed by atoms with Crippen molar-refractivity contribution in [2.45, 2.75) is 0 Å². The van der Waals surface area contributed by atoms with Gasteiger partial charge in [-0.1, -0.05) is 23.2 Å². The van der Waals surface area contributed by atoms with E-state index in [1.165, 1.54) is 12.5 Å². The van der Waals surface area contributed by atoms with Crippen molar-refractivity contribution in [2.24, 2.45) is 0 Å². The van der Waals surface area contributed by atoms with E-state index >= 15 is 0 Å². The normalized spacial score (nSPS) is 10.2. The number of rotatable bonds is 2. The number of halogens is 3. The zero-order valence-electron chi connectivity index (χ0n) is 8.69. The van der Waals surface area contributed by atoms with Crippen LogP contribution in [0.5, 0.6) is 0 Å². The Labute approximate surface area is 121 Å². The lowest BCUT2D eigenvalue weighted by Crippen LogP contribution is -2.15. The van der Waals surface area contributed by atoms with Gasteiger partial charge in [-0.05, 0) is 28.1 Å². The third-order valence-corrected chi connectivity index (χ3v) is 3.33. The third-order valence-electron chi connectivity index (χ3n) is 1.95. The van der Waals surface area contributed by atoms with Crippen LogP contribution in [-0.4, -0.2) is 20.9 Å². The van der Waals surface area contributed by atoms with Crippen LogP contribution in [0.1, 0.15) is 10.5 Å². The molecule has 0 radical (unpaired) electrons. The molecule has 8 heteroatoms. The first-order valence-electron chi connectivity index (χ1n) is 4.67. The molecule has 0 fully saturated rings. The lowest BCUT2D eigenvalue weighted by Gasteiger charge is -2.06. The van der Waals surface area contributed by atoms with E-state index in [1.807, 2.05) is 0 Å². The molecule has 18 heavy (non-hydrogen) atoms. The van der Waals surface area contributed by atoms with E-state index < -0.39 is 5.91 Å². The van der Waals surface area contributed by atoms with Gasteiger partial charge < -0.3 is 5.32 Å². The zero-order chi connectivity index (χ0) is 13.1. The number of amides is 1. The summed E-state index contributed by atoms with van der Waals surface area (Å²) in [5.74, 6) is -0.307. The van der Waals surface area contributed by atoms with Crippen LogP contribution < -0.4 is 5.32 Å². The maximum Gasteiger partial charge on any atom is 0.276 e. The number of nitrogens with one attached hydrogen (secondary N) is 1. The quantitative estimate of drug-likeness (QED) is 0.847. The fourth-order valence-electron chi connectivity index (χ4n) is 1.15. The fourth-order valence-corrected chi connectivity index (χ4v) is 1.87. The largest absolute Gasteiger partial charge is 0.304 e. The van der Waals surface area contributed by atoms with E-state index in [9.17, 15) is 4.79 Å². The molecule has 1 N–H and O–H groups in total. The Bertz CT molecular complexity index is 608. The number of carbonyl (C=O) groups is 1. The molecule has 0 bridgehead atoms. The molecule has 1 amide bonds. The van der Waals surface area contributed by atoms with Gasteiger partial charge in [0, 0.05) is 10.7 Å². The zero-order valence-corrected chi connectivity index (χ0v) is 11.8. The summed E-state index contributed by atoms with van der Waals surface area (Å²) in [6.45, 7) is 0. The molecule has 0 saturated heterocycles. The number of aromatic nitrogens is 3. The van der Waals surface area contributed by atoms with E-state index in [0.717, 1.165) is 0 Å². The minimum absolute atomic E-state index is 0.0713. The van der Waals surface area contributed by atoms with Gasteiger partial charge in [0.25, 0.3) is 5.91 Å². The molecule has 0 aliphatic heterocycles. The number of nitrogens with zero attached hydrogens (tertiary/aromatic N) is 3. The maximum absolute atomic E-state index is 11.9. The van der Waals surface area contributed by atoms with Gasteiger partial charge >= 0.3 is 0 Å². The SMILES string of the molecule is O=C(Nc1ncnc(Cl)c1Cl)c1ncccc1Br. The van der Waals surface area contributed by atoms with Crippen molar-refractivity contribution in [3.05, 3.63) is 45.0 Å². The summed E-state index contributed by atoms with van der Waals surface area (Å²) in [7, 11) is 0. The van der Waals surface area contributed by atoms with E-state index in [0.29, 0.717) is 4.47 Å². The number of pyridine rings is 1. The molecule has 0 unspecified atom stereocenters. The molecule has 0 aromatic carbocycles. The van der Waals surface area contributed by atoms with Crippen LogP contribution in [0.15, 0.2) is 29.1 Å². The molecule has 5 nitrogen and oxygen atoms in total. The van der Waals surface area contributed by atoms with Gasteiger partial charge in [0.1, 0.15) is 17.0 Å². The standard InChI is InChI=1S/C10H5BrCl2N4O/c11-5-2-1-3-14-7(5)10(18)17-9-6(12)8(13)15-4-16-9/h1-4H,(H,15,16,17,18). The molecule has 0 spiro atoms. The molecule has 0 saturated carbocycles. The fraction of sp³-hybridized carbons (Fsp3) is 0. The van der Waals surface area contributed by atoms with Crippen molar-refractivity contribution in [3.8, 4) is 0 Å². The average molecular weight is 348 g/mol. The second kappa shape index (κ2) is 5.60. The number of hydrogen-bond donors (Lipinski definition) is 1. The van der Waals surface area contributed by atoms with Gasteiger partial charge in [0.15, 0.2) is 11.0 Å². The van der Waals surface area contributed by atoms with E-state index in [4.69, 9.17) is 23.2 Å². The van der Waals surface area contributed by atoms with Gasteiger partial charge in [0.2, 0.25) is 0 Å². The van der Waals surface area contributed by atoms with Crippen molar-refractivity contribution in [3.63, 3.8) is 0 Å². The number of hydrogen-bond acceptors (Lipinski definition) is 4. The molecular formula is C10H5BrCl2N4O. The van der Waals surface area contributed by atoms with Crippen LogP contribution in [0.4, 0.5) is 5.82 Å². The maximum atomic E-state index is 11.9. The highest BCUT2D eigenvalue weighted by Crippen LogP contribution is 2.26. The van der Waals surface area contributed by atoms with Gasteiger partial charge in [-0.3, -0.25) is 4.79 Å². The highest BCUT2D eigenvalue weighted by Gasteiger charge is 2.15. The van der Waals surface area contributed by atoms with Crippen LogP contribution in [0.3, 0.4) is 0 Å². The Morgan fingerprint density at radius 2 is 2.06 bits per heavy atom. The predicted octanol–water partition coefficient (Wildman–Crippen LogP) is 3.19. The minimum atomic E-state index is -0.445. The second-order valence-electron chi connectivity index (χ2n) is 3.12. The Morgan fingerprint density at radius 1 is 1.28 bits per heavy atom. The summed E-state index contributed by atoms with van der Waals surface area (Å²) >= 11 is 14.8. The van der Waals surface area contributed by atoms with Crippen LogP contribution in [0.25, 0.3) is 0 Å². The van der Waals surface area contributed by atoms with Gasteiger partial charge in [-0.25, -0.2) is 15.0 Å². The first-order chi connectivity index (χ1) is 8.59. The van der Waals surface area contributed by atoms with Crippen molar-refractivity contribution in [1.29, 1.82) is 0 Å².